The number of carbonyl (C=O) groups is 1. The van der Waals surface area contributed by atoms with E-state index in [9.17, 15) is 20.2 Å². The van der Waals surface area contributed by atoms with E-state index in [2.05, 4.69) is 21.2 Å². The molecule has 0 aliphatic carbocycles. The topological polar surface area (TPSA) is 124 Å². The van der Waals surface area contributed by atoms with Gasteiger partial charge in [-0.1, -0.05) is 23.7 Å². The van der Waals surface area contributed by atoms with Crippen molar-refractivity contribution in [3.8, 4) is 23.3 Å². The number of nitro groups is 1. The minimum atomic E-state index is -0.579. The van der Waals surface area contributed by atoms with Gasteiger partial charge in [-0.2, -0.15) is 5.26 Å². The summed E-state index contributed by atoms with van der Waals surface area (Å²) in [5, 5.41) is 24.0. The lowest BCUT2D eigenvalue weighted by Crippen LogP contribution is -2.13. The van der Waals surface area contributed by atoms with Gasteiger partial charge in [-0.25, -0.2) is 0 Å². The zero-order chi connectivity index (χ0) is 30.8. The molecule has 0 bridgehead atoms. The summed E-state index contributed by atoms with van der Waals surface area (Å²) in [5.41, 5.74) is 2.61. The maximum Gasteiger partial charge on any atom is 0.269 e. The molecule has 0 radical (unpaired) electrons. The summed E-state index contributed by atoms with van der Waals surface area (Å²) in [6.07, 6.45) is 1.45. The lowest BCUT2D eigenvalue weighted by atomic mass is 10.1. The second-order valence-corrected chi connectivity index (χ2v) is 10.3. The van der Waals surface area contributed by atoms with Crippen LogP contribution in [0.2, 0.25) is 5.02 Å². The predicted molar refractivity (Wildman–Crippen MR) is 167 cm³/mol. The first-order valence-corrected chi connectivity index (χ1v) is 14.2. The van der Waals surface area contributed by atoms with Crippen LogP contribution in [0.4, 0.5) is 11.4 Å². The number of nitrogens with one attached hydrogen (secondary N) is 1. The fourth-order valence-electron chi connectivity index (χ4n) is 3.84. The van der Waals surface area contributed by atoms with Crippen molar-refractivity contribution in [2.75, 3.05) is 11.9 Å². The van der Waals surface area contributed by atoms with Crippen molar-refractivity contribution in [1.82, 2.24) is 0 Å². The molecule has 0 aromatic heterocycles. The van der Waals surface area contributed by atoms with Gasteiger partial charge in [0, 0.05) is 22.8 Å². The Labute approximate surface area is 261 Å². The standard InChI is InChI=1S/C32H25BrClN3O6/c1-2-41-30-17-23(16-29(33)31(30)43-20-22-5-11-27(12-6-22)37(39)40)15-24(18-35)32(38)36-26-9-13-28(14-10-26)42-19-21-3-7-25(34)8-4-21/h3-17H,2,19-20H2,1H3,(H,36,38)/b24-15+. The molecule has 0 saturated heterocycles. The van der Waals surface area contributed by atoms with Gasteiger partial charge in [0.1, 0.15) is 30.6 Å². The average molecular weight is 663 g/mol. The van der Waals surface area contributed by atoms with E-state index in [1.165, 1.54) is 18.2 Å². The Morgan fingerprint density at radius 2 is 1.60 bits per heavy atom. The summed E-state index contributed by atoms with van der Waals surface area (Å²) >= 11 is 9.40. The van der Waals surface area contributed by atoms with Crippen LogP contribution < -0.4 is 19.5 Å². The van der Waals surface area contributed by atoms with Crippen LogP contribution in [0, 0.1) is 21.4 Å². The molecule has 0 fully saturated rings. The van der Waals surface area contributed by atoms with Crippen LogP contribution in [-0.4, -0.2) is 17.4 Å². The SMILES string of the molecule is CCOc1cc(/C=C(\C#N)C(=O)Nc2ccc(OCc3ccc(Cl)cc3)cc2)cc(Br)c1OCc1ccc([N+](=O)[O-])cc1. The fraction of sp³-hybridized carbons (Fsp3) is 0.125. The second-order valence-electron chi connectivity index (χ2n) is 9.04. The minimum Gasteiger partial charge on any atom is -0.490 e. The van der Waals surface area contributed by atoms with Crippen molar-refractivity contribution < 1.29 is 23.9 Å². The van der Waals surface area contributed by atoms with E-state index in [1.54, 1.807) is 60.7 Å². The number of nitro benzene ring substituents is 1. The Kier molecular flexibility index (Phi) is 10.7. The molecule has 218 valence electrons. The quantitative estimate of drug-likeness (QED) is 0.0703. The molecule has 43 heavy (non-hydrogen) atoms. The predicted octanol–water partition coefficient (Wildman–Crippen LogP) is 8.11. The summed E-state index contributed by atoms with van der Waals surface area (Å²) < 4.78 is 18.0. The van der Waals surface area contributed by atoms with E-state index >= 15 is 0 Å². The van der Waals surface area contributed by atoms with E-state index in [1.807, 2.05) is 25.1 Å². The highest BCUT2D eigenvalue weighted by atomic mass is 79.9. The first-order valence-electron chi connectivity index (χ1n) is 13.0. The Bertz CT molecular complexity index is 1670. The smallest absolute Gasteiger partial charge is 0.269 e. The monoisotopic (exact) mass is 661 g/mol. The van der Waals surface area contributed by atoms with Crippen molar-refractivity contribution >= 4 is 50.9 Å². The van der Waals surface area contributed by atoms with Gasteiger partial charge < -0.3 is 19.5 Å². The summed E-state index contributed by atoms with van der Waals surface area (Å²) in [7, 11) is 0. The summed E-state index contributed by atoms with van der Waals surface area (Å²) in [6, 6.07) is 25.5. The summed E-state index contributed by atoms with van der Waals surface area (Å²) in [6.45, 7) is 2.67. The molecule has 1 N–H and O–H groups in total. The lowest BCUT2D eigenvalue weighted by molar-refractivity contribution is -0.384. The van der Waals surface area contributed by atoms with Crippen molar-refractivity contribution in [3.05, 3.63) is 127 Å². The van der Waals surface area contributed by atoms with Gasteiger partial charge in [0.15, 0.2) is 11.5 Å². The van der Waals surface area contributed by atoms with Crippen molar-refractivity contribution in [3.63, 3.8) is 0 Å². The van der Waals surface area contributed by atoms with Gasteiger partial charge >= 0.3 is 0 Å². The molecule has 0 aliphatic rings. The molecular weight excluding hydrogens is 638 g/mol. The fourth-order valence-corrected chi connectivity index (χ4v) is 4.54. The molecule has 0 aliphatic heterocycles. The highest BCUT2D eigenvalue weighted by Crippen LogP contribution is 2.38. The number of rotatable bonds is 12. The number of non-ortho nitro benzene ring substituents is 1. The summed E-state index contributed by atoms with van der Waals surface area (Å²) in [5.74, 6) is 0.855. The number of hydrogen-bond donors (Lipinski definition) is 1. The molecule has 4 aromatic carbocycles. The number of amides is 1. The van der Waals surface area contributed by atoms with Crippen LogP contribution >= 0.6 is 27.5 Å². The van der Waals surface area contributed by atoms with Crippen molar-refractivity contribution in [1.29, 1.82) is 5.26 Å². The van der Waals surface area contributed by atoms with E-state index < -0.39 is 10.8 Å². The number of ether oxygens (including phenoxy) is 3. The number of nitrogens with zero attached hydrogens (tertiary/aromatic N) is 2. The Morgan fingerprint density at radius 1 is 0.977 bits per heavy atom. The highest BCUT2D eigenvalue weighted by Gasteiger charge is 2.15. The molecule has 0 saturated carbocycles. The third-order valence-corrected chi connectivity index (χ3v) is 6.81. The van der Waals surface area contributed by atoms with Crippen LogP contribution in [0.3, 0.4) is 0 Å². The van der Waals surface area contributed by atoms with E-state index in [0.29, 0.717) is 51.2 Å². The molecule has 11 heteroatoms. The molecule has 0 unspecified atom stereocenters. The Morgan fingerprint density at radius 3 is 2.21 bits per heavy atom. The molecule has 0 heterocycles. The first kappa shape index (κ1) is 31.1. The van der Waals surface area contributed by atoms with Crippen molar-refractivity contribution in [2.24, 2.45) is 0 Å². The number of nitriles is 1. The van der Waals surface area contributed by atoms with Crippen molar-refractivity contribution in [2.45, 2.75) is 20.1 Å². The van der Waals surface area contributed by atoms with E-state index in [-0.39, 0.29) is 17.9 Å². The average Bonchev–Trinajstić information content (AvgIpc) is 3.00. The van der Waals surface area contributed by atoms with Gasteiger partial charge in [-0.05, 0) is 106 Å². The van der Waals surface area contributed by atoms with Gasteiger partial charge in [0.25, 0.3) is 11.6 Å². The normalized spacial score (nSPS) is 10.9. The minimum absolute atomic E-state index is 0.00956. The van der Waals surface area contributed by atoms with Crippen LogP contribution in [0.15, 0.2) is 95.0 Å². The number of carbonyl (C=O) groups excluding carboxylic acids is 1. The van der Waals surface area contributed by atoms with E-state index in [0.717, 1.165) is 11.1 Å². The Hall–Kier alpha value is -4.85. The number of anilines is 1. The molecular formula is C32H25BrClN3O6. The highest BCUT2D eigenvalue weighted by molar-refractivity contribution is 9.10. The van der Waals surface area contributed by atoms with Gasteiger partial charge in [0.05, 0.1) is 16.0 Å². The van der Waals surface area contributed by atoms with Crippen LogP contribution in [0.5, 0.6) is 17.2 Å². The molecule has 1 amide bonds. The largest absolute Gasteiger partial charge is 0.490 e. The number of hydrogen-bond acceptors (Lipinski definition) is 7. The summed E-state index contributed by atoms with van der Waals surface area (Å²) in [4.78, 5) is 23.3. The van der Waals surface area contributed by atoms with Crippen LogP contribution in [0.1, 0.15) is 23.6 Å². The Balaban J connectivity index is 1.43. The molecule has 0 atom stereocenters. The third-order valence-electron chi connectivity index (χ3n) is 5.97. The first-order chi connectivity index (χ1) is 20.7. The zero-order valence-electron chi connectivity index (χ0n) is 22.9. The molecule has 0 spiro atoms. The van der Waals surface area contributed by atoms with Gasteiger partial charge in [0.2, 0.25) is 0 Å². The lowest BCUT2D eigenvalue weighted by Gasteiger charge is -2.15. The maximum atomic E-state index is 12.9. The van der Waals surface area contributed by atoms with Crippen LogP contribution in [0.25, 0.3) is 6.08 Å². The second kappa shape index (κ2) is 14.9. The van der Waals surface area contributed by atoms with Gasteiger partial charge in [-0.3, -0.25) is 14.9 Å². The third kappa shape index (κ3) is 8.82. The molecule has 4 rings (SSSR count). The molecule has 4 aromatic rings. The van der Waals surface area contributed by atoms with E-state index in [4.69, 9.17) is 25.8 Å². The number of benzene rings is 4. The zero-order valence-corrected chi connectivity index (χ0v) is 25.2. The van der Waals surface area contributed by atoms with Gasteiger partial charge in [-0.15, -0.1) is 0 Å². The maximum absolute atomic E-state index is 12.9. The molecule has 9 nitrogen and oxygen atoms in total. The number of halogens is 2. The van der Waals surface area contributed by atoms with Crippen LogP contribution in [-0.2, 0) is 18.0 Å².